The molecule has 5 heteroatoms. The van der Waals surface area contributed by atoms with Crippen molar-refractivity contribution in [2.24, 2.45) is 7.05 Å². The molecule has 0 aliphatic carbocycles. The minimum absolute atomic E-state index is 0.349. The summed E-state index contributed by atoms with van der Waals surface area (Å²) in [6.45, 7) is 1.02. The summed E-state index contributed by atoms with van der Waals surface area (Å²) in [6.07, 6.45) is 8.22. The zero-order valence-electron chi connectivity index (χ0n) is 13.1. The molecule has 1 saturated heterocycles. The van der Waals surface area contributed by atoms with Gasteiger partial charge < -0.3 is 4.90 Å². The summed E-state index contributed by atoms with van der Waals surface area (Å²) in [7, 11) is 1.96. The van der Waals surface area contributed by atoms with Crippen molar-refractivity contribution in [3.63, 3.8) is 0 Å². The maximum atomic E-state index is 4.80. The van der Waals surface area contributed by atoms with Crippen LogP contribution in [0, 0.1) is 0 Å². The highest BCUT2D eigenvalue weighted by molar-refractivity contribution is 5.57. The van der Waals surface area contributed by atoms with E-state index in [0.29, 0.717) is 6.04 Å². The number of hydrogen-bond acceptors (Lipinski definition) is 4. The first kappa shape index (κ1) is 13.9. The lowest BCUT2D eigenvalue weighted by Gasteiger charge is -2.25. The van der Waals surface area contributed by atoms with Gasteiger partial charge in [-0.1, -0.05) is 30.3 Å². The van der Waals surface area contributed by atoms with Crippen LogP contribution in [0.5, 0.6) is 0 Å². The molecule has 4 rings (SSSR count). The van der Waals surface area contributed by atoms with Crippen molar-refractivity contribution >= 4 is 5.82 Å². The van der Waals surface area contributed by atoms with Crippen LogP contribution in [0.2, 0.25) is 0 Å². The van der Waals surface area contributed by atoms with Crippen molar-refractivity contribution in [3.05, 3.63) is 60.6 Å². The second-order valence-corrected chi connectivity index (χ2v) is 5.90. The number of rotatable bonds is 3. The van der Waals surface area contributed by atoms with Crippen LogP contribution in [-0.4, -0.2) is 26.3 Å². The van der Waals surface area contributed by atoms with Crippen LogP contribution in [0.25, 0.3) is 11.4 Å². The second-order valence-electron chi connectivity index (χ2n) is 5.90. The van der Waals surface area contributed by atoms with Gasteiger partial charge in [0, 0.05) is 37.1 Å². The lowest BCUT2D eigenvalue weighted by atomic mass is 10.1. The SMILES string of the molecule is Cn1cc(C2CCCN2c2ccnc(-c3ccccc3)n2)cn1. The van der Waals surface area contributed by atoms with Crippen molar-refractivity contribution in [1.29, 1.82) is 0 Å². The predicted molar refractivity (Wildman–Crippen MR) is 90.0 cm³/mol. The van der Waals surface area contributed by atoms with Gasteiger partial charge in [0.25, 0.3) is 0 Å². The number of anilines is 1. The zero-order valence-corrected chi connectivity index (χ0v) is 13.1. The van der Waals surface area contributed by atoms with E-state index in [2.05, 4.69) is 21.2 Å². The molecule has 23 heavy (non-hydrogen) atoms. The smallest absolute Gasteiger partial charge is 0.161 e. The summed E-state index contributed by atoms with van der Waals surface area (Å²) in [6, 6.07) is 12.5. The number of nitrogens with zero attached hydrogens (tertiary/aromatic N) is 5. The minimum Gasteiger partial charge on any atom is -0.349 e. The second kappa shape index (κ2) is 5.83. The monoisotopic (exact) mass is 305 g/mol. The van der Waals surface area contributed by atoms with Gasteiger partial charge in [-0.05, 0) is 18.9 Å². The summed E-state index contributed by atoms with van der Waals surface area (Å²) in [4.78, 5) is 11.6. The van der Waals surface area contributed by atoms with Crippen molar-refractivity contribution in [2.75, 3.05) is 11.4 Å². The molecule has 116 valence electrons. The fourth-order valence-corrected chi connectivity index (χ4v) is 3.24. The van der Waals surface area contributed by atoms with Crippen LogP contribution in [0.15, 0.2) is 55.0 Å². The van der Waals surface area contributed by atoms with Crippen LogP contribution in [0.4, 0.5) is 5.82 Å². The van der Waals surface area contributed by atoms with Gasteiger partial charge in [0.2, 0.25) is 0 Å². The zero-order chi connectivity index (χ0) is 15.6. The Morgan fingerprint density at radius 2 is 2.00 bits per heavy atom. The molecule has 3 aromatic rings. The van der Waals surface area contributed by atoms with Gasteiger partial charge in [-0.15, -0.1) is 0 Å². The third-order valence-corrected chi connectivity index (χ3v) is 4.33. The molecular formula is C18H19N5. The average molecular weight is 305 g/mol. The van der Waals surface area contributed by atoms with Crippen LogP contribution >= 0.6 is 0 Å². The molecule has 0 N–H and O–H groups in total. The third kappa shape index (κ3) is 2.70. The molecule has 1 atom stereocenters. The largest absolute Gasteiger partial charge is 0.349 e. The van der Waals surface area contributed by atoms with Gasteiger partial charge in [-0.25, -0.2) is 9.97 Å². The molecule has 0 bridgehead atoms. The topological polar surface area (TPSA) is 46.8 Å². The first-order valence-corrected chi connectivity index (χ1v) is 7.95. The highest BCUT2D eigenvalue weighted by Gasteiger charge is 2.28. The van der Waals surface area contributed by atoms with E-state index in [0.717, 1.165) is 30.2 Å². The van der Waals surface area contributed by atoms with Gasteiger partial charge in [-0.3, -0.25) is 4.68 Å². The molecule has 1 aromatic carbocycles. The maximum absolute atomic E-state index is 4.80. The fourth-order valence-electron chi connectivity index (χ4n) is 3.24. The Hall–Kier alpha value is -2.69. The first-order valence-electron chi connectivity index (χ1n) is 7.95. The molecule has 0 amide bonds. The molecule has 1 aliphatic rings. The highest BCUT2D eigenvalue weighted by atomic mass is 15.3. The van der Waals surface area contributed by atoms with E-state index in [1.54, 1.807) is 0 Å². The van der Waals surface area contributed by atoms with Crippen molar-refractivity contribution in [2.45, 2.75) is 18.9 Å². The molecule has 2 aromatic heterocycles. The summed E-state index contributed by atoms with van der Waals surface area (Å²) in [5, 5.41) is 4.31. The Kier molecular flexibility index (Phi) is 3.54. The molecule has 3 heterocycles. The quantitative estimate of drug-likeness (QED) is 0.745. The fraction of sp³-hybridized carbons (Fsp3) is 0.278. The van der Waals surface area contributed by atoms with E-state index in [1.807, 2.05) is 60.5 Å². The predicted octanol–water partition coefficient (Wildman–Crippen LogP) is 3.22. The lowest BCUT2D eigenvalue weighted by molar-refractivity contribution is 0.707. The number of benzene rings is 1. The van der Waals surface area contributed by atoms with E-state index in [-0.39, 0.29) is 0 Å². The van der Waals surface area contributed by atoms with Crippen LogP contribution in [-0.2, 0) is 7.05 Å². The highest BCUT2D eigenvalue weighted by Crippen LogP contribution is 2.35. The van der Waals surface area contributed by atoms with Crippen molar-refractivity contribution in [3.8, 4) is 11.4 Å². The van der Waals surface area contributed by atoms with Gasteiger partial charge in [0.1, 0.15) is 5.82 Å². The van der Waals surface area contributed by atoms with Gasteiger partial charge in [-0.2, -0.15) is 5.10 Å². The van der Waals surface area contributed by atoms with Gasteiger partial charge in [0.05, 0.1) is 12.2 Å². The van der Waals surface area contributed by atoms with Gasteiger partial charge >= 0.3 is 0 Å². The number of aryl methyl sites for hydroxylation is 1. The van der Waals surface area contributed by atoms with Gasteiger partial charge in [0.15, 0.2) is 5.82 Å². The Morgan fingerprint density at radius 1 is 1.13 bits per heavy atom. The van der Waals surface area contributed by atoms with E-state index >= 15 is 0 Å². The molecule has 1 aliphatic heterocycles. The molecule has 1 unspecified atom stereocenters. The van der Waals surface area contributed by atoms with Crippen molar-refractivity contribution < 1.29 is 0 Å². The summed E-state index contributed by atoms with van der Waals surface area (Å²) < 4.78 is 1.86. The molecule has 0 saturated carbocycles. The molecule has 5 nitrogen and oxygen atoms in total. The van der Waals surface area contributed by atoms with E-state index in [9.17, 15) is 0 Å². The van der Waals surface area contributed by atoms with Crippen LogP contribution < -0.4 is 4.90 Å². The molecule has 1 fully saturated rings. The summed E-state index contributed by atoms with van der Waals surface area (Å²) >= 11 is 0. The first-order chi connectivity index (χ1) is 11.3. The maximum Gasteiger partial charge on any atom is 0.161 e. The van der Waals surface area contributed by atoms with E-state index < -0.39 is 0 Å². The summed E-state index contributed by atoms with van der Waals surface area (Å²) in [5.74, 6) is 1.77. The van der Waals surface area contributed by atoms with E-state index in [4.69, 9.17) is 4.98 Å². The Balaban J connectivity index is 1.67. The third-order valence-electron chi connectivity index (χ3n) is 4.33. The summed E-state index contributed by atoms with van der Waals surface area (Å²) in [5.41, 5.74) is 2.30. The number of aromatic nitrogens is 4. The number of hydrogen-bond donors (Lipinski definition) is 0. The standard InChI is InChI=1S/C18H19N5/c1-22-13-15(12-20-22)16-8-5-11-23(16)17-9-10-19-18(21-17)14-6-3-2-4-7-14/h2-4,6-7,9-10,12-13,16H,5,8,11H2,1H3. The van der Waals surface area contributed by atoms with Crippen LogP contribution in [0.1, 0.15) is 24.4 Å². The van der Waals surface area contributed by atoms with Crippen LogP contribution in [0.3, 0.4) is 0 Å². The Morgan fingerprint density at radius 3 is 2.78 bits per heavy atom. The molecule has 0 radical (unpaired) electrons. The lowest BCUT2D eigenvalue weighted by Crippen LogP contribution is -2.23. The average Bonchev–Trinajstić information content (AvgIpc) is 3.24. The molecule has 0 spiro atoms. The molecular weight excluding hydrogens is 286 g/mol. The minimum atomic E-state index is 0.349. The van der Waals surface area contributed by atoms with Crippen molar-refractivity contribution in [1.82, 2.24) is 19.7 Å². The Bertz CT molecular complexity index is 796. The normalized spacial score (nSPS) is 17.6. The van der Waals surface area contributed by atoms with E-state index in [1.165, 1.54) is 12.0 Å². The Labute approximate surface area is 135 Å².